The smallest absolute Gasteiger partial charge is 0.261 e. The number of sulfonamides is 1. The summed E-state index contributed by atoms with van der Waals surface area (Å²) >= 11 is 1.61. The molecule has 4 rings (SSSR count). The van der Waals surface area contributed by atoms with Crippen molar-refractivity contribution in [3.05, 3.63) is 66.7 Å². The first-order valence-electron chi connectivity index (χ1n) is 7.58. The fourth-order valence-corrected chi connectivity index (χ4v) is 4.69. The molecule has 1 heterocycles. The van der Waals surface area contributed by atoms with Crippen LogP contribution in [0.25, 0.3) is 0 Å². The second-order valence-electron chi connectivity index (χ2n) is 5.58. The van der Waals surface area contributed by atoms with Gasteiger partial charge in [0, 0.05) is 15.5 Å². The highest BCUT2D eigenvalue weighted by molar-refractivity contribution is 7.99. The van der Waals surface area contributed by atoms with E-state index in [0.717, 1.165) is 21.2 Å². The Morgan fingerprint density at radius 2 is 1.60 bits per heavy atom. The van der Waals surface area contributed by atoms with Crippen molar-refractivity contribution in [2.45, 2.75) is 14.7 Å². The predicted molar refractivity (Wildman–Crippen MR) is 102 cm³/mol. The highest BCUT2D eigenvalue weighted by Crippen LogP contribution is 2.47. The van der Waals surface area contributed by atoms with Crippen molar-refractivity contribution in [2.24, 2.45) is 0 Å². The van der Waals surface area contributed by atoms with Gasteiger partial charge in [0.05, 0.1) is 22.0 Å². The molecule has 3 aromatic rings. The van der Waals surface area contributed by atoms with Gasteiger partial charge >= 0.3 is 0 Å². The third-order valence-corrected chi connectivity index (χ3v) is 6.35. The molecule has 0 spiro atoms. The van der Waals surface area contributed by atoms with Crippen LogP contribution in [0.3, 0.4) is 0 Å². The van der Waals surface area contributed by atoms with Gasteiger partial charge in [-0.25, -0.2) is 8.42 Å². The second kappa shape index (κ2) is 6.02. The number of nitrogens with two attached hydrogens (primary N) is 1. The topological polar surface area (TPSA) is 84.2 Å². The van der Waals surface area contributed by atoms with E-state index in [2.05, 4.69) is 10.0 Å². The maximum Gasteiger partial charge on any atom is 0.261 e. The van der Waals surface area contributed by atoms with Crippen LogP contribution in [-0.4, -0.2) is 8.42 Å². The first kappa shape index (κ1) is 15.9. The molecule has 0 bridgehead atoms. The van der Waals surface area contributed by atoms with Crippen molar-refractivity contribution in [2.75, 3.05) is 15.8 Å². The van der Waals surface area contributed by atoms with Crippen LogP contribution in [0.5, 0.6) is 0 Å². The summed E-state index contributed by atoms with van der Waals surface area (Å²) in [5.74, 6) is 0. The van der Waals surface area contributed by atoms with Gasteiger partial charge < -0.3 is 11.1 Å². The molecule has 0 unspecified atom stereocenters. The van der Waals surface area contributed by atoms with E-state index in [9.17, 15) is 8.42 Å². The fourth-order valence-electron chi connectivity index (χ4n) is 2.59. The molecule has 7 heteroatoms. The Balaban J connectivity index is 1.70. The Kier molecular flexibility index (Phi) is 3.82. The molecule has 3 aromatic carbocycles. The largest absolute Gasteiger partial charge is 0.399 e. The number of anilines is 4. The van der Waals surface area contributed by atoms with Gasteiger partial charge in [-0.1, -0.05) is 30.0 Å². The Hall–Kier alpha value is -2.64. The number of para-hydroxylation sites is 2. The molecular weight excluding hydrogens is 354 g/mol. The summed E-state index contributed by atoms with van der Waals surface area (Å²) in [5.41, 5.74) is 8.37. The van der Waals surface area contributed by atoms with Gasteiger partial charge in [0.1, 0.15) is 0 Å². The molecule has 0 fully saturated rings. The molecule has 126 valence electrons. The summed E-state index contributed by atoms with van der Waals surface area (Å²) in [6.45, 7) is 0. The number of hydrogen-bond acceptors (Lipinski definition) is 5. The predicted octanol–water partition coefficient (Wildman–Crippen LogP) is 4.28. The van der Waals surface area contributed by atoms with E-state index in [0.29, 0.717) is 11.4 Å². The molecule has 0 saturated carbocycles. The van der Waals surface area contributed by atoms with Gasteiger partial charge in [-0.2, -0.15) is 0 Å². The van der Waals surface area contributed by atoms with E-state index in [-0.39, 0.29) is 4.90 Å². The summed E-state index contributed by atoms with van der Waals surface area (Å²) in [6, 6.07) is 19.6. The third-order valence-electron chi connectivity index (χ3n) is 3.83. The van der Waals surface area contributed by atoms with E-state index >= 15 is 0 Å². The number of nitrogen functional groups attached to an aromatic ring is 1. The molecule has 0 radical (unpaired) electrons. The standard InChI is InChI=1S/C18H15N3O2S2/c19-12-8-10-13(11-9-12)25(22,23)21-15-5-3-7-17-18(15)20-14-4-1-2-6-16(14)24-17/h1-11,20-21H,19H2. The molecular formula is C18H15N3O2S2. The lowest BCUT2D eigenvalue weighted by Crippen LogP contribution is -2.15. The SMILES string of the molecule is Nc1ccc(S(=O)(=O)Nc2cccc3c2Nc2ccccc2S3)cc1. The number of nitrogens with one attached hydrogen (secondary N) is 2. The molecule has 0 atom stereocenters. The minimum absolute atomic E-state index is 0.170. The molecule has 4 N–H and O–H groups in total. The average Bonchev–Trinajstić information content (AvgIpc) is 2.60. The maximum atomic E-state index is 12.7. The van der Waals surface area contributed by atoms with Gasteiger partial charge in [-0.05, 0) is 48.5 Å². The lowest BCUT2D eigenvalue weighted by molar-refractivity contribution is 0.601. The summed E-state index contributed by atoms with van der Waals surface area (Å²) < 4.78 is 28.0. The molecule has 0 aromatic heterocycles. The molecule has 0 amide bonds. The first-order chi connectivity index (χ1) is 12.0. The van der Waals surface area contributed by atoms with Gasteiger partial charge in [-0.15, -0.1) is 0 Å². The first-order valence-corrected chi connectivity index (χ1v) is 9.88. The minimum atomic E-state index is -3.70. The fraction of sp³-hybridized carbons (Fsp3) is 0. The van der Waals surface area contributed by atoms with Crippen molar-refractivity contribution < 1.29 is 8.42 Å². The van der Waals surface area contributed by atoms with E-state index < -0.39 is 10.0 Å². The van der Waals surface area contributed by atoms with E-state index in [1.807, 2.05) is 36.4 Å². The van der Waals surface area contributed by atoms with Crippen LogP contribution in [0.4, 0.5) is 22.7 Å². The maximum absolute atomic E-state index is 12.7. The molecule has 25 heavy (non-hydrogen) atoms. The van der Waals surface area contributed by atoms with E-state index in [1.54, 1.807) is 30.0 Å². The normalized spacial score (nSPS) is 12.6. The van der Waals surface area contributed by atoms with Crippen LogP contribution in [0.2, 0.25) is 0 Å². The monoisotopic (exact) mass is 369 g/mol. The summed E-state index contributed by atoms with van der Waals surface area (Å²) in [5, 5.41) is 3.32. The van der Waals surface area contributed by atoms with Crippen LogP contribution >= 0.6 is 11.8 Å². The number of rotatable bonds is 3. The van der Waals surface area contributed by atoms with Crippen molar-refractivity contribution in [1.82, 2.24) is 0 Å². The summed E-state index contributed by atoms with van der Waals surface area (Å²) in [6.07, 6.45) is 0. The Morgan fingerprint density at radius 1 is 0.880 bits per heavy atom. The van der Waals surface area contributed by atoms with Crippen molar-refractivity contribution in [3.8, 4) is 0 Å². The Labute approximate surface area is 150 Å². The Bertz CT molecular complexity index is 1050. The minimum Gasteiger partial charge on any atom is -0.399 e. The summed E-state index contributed by atoms with van der Waals surface area (Å²) in [4.78, 5) is 2.24. The molecule has 5 nitrogen and oxygen atoms in total. The van der Waals surface area contributed by atoms with Crippen molar-refractivity contribution in [1.29, 1.82) is 0 Å². The van der Waals surface area contributed by atoms with E-state index in [1.165, 1.54) is 12.1 Å². The van der Waals surface area contributed by atoms with Crippen LogP contribution in [0.1, 0.15) is 0 Å². The van der Waals surface area contributed by atoms with Gasteiger partial charge in [0.25, 0.3) is 10.0 Å². The van der Waals surface area contributed by atoms with Gasteiger partial charge in [-0.3, -0.25) is 4.72 Å². The zero-order chi connectivity index (χ0) is 17.4. The van der Waals surface area contributed by atoms with Gasteiger partial charge in [0.15, 0.2) is 0 Å². The zero-order valence-electron chi connectivity index (χ0n) is 13.1. The number of fused-ring (bicyclic) bond motifs is 2. The van der Waals surface area contributed by atoms with Gasteiger partial charge in [0.2, 0.25) is 0 Å². The lowest BCUT2D eigenvalue weighted by atomic mass is 10.2. The second-order valence-corrected chi connectivity index (χ2v) is 8.34. The lowest BCUT2D eigenvalue weighted by Gasteiger charge is -2.23. The van der Waals surface area contributed by atoms with Crippen LogP contribution in [-0.2, 0) is 10.0 Å². The van der Waals surface area contributed by atoms with Crippen LogP contribution in [0, 0.1) is 0 Å². The van der Waals surface area contributed by atoms with E-state index in [4.69, 9.17) is 5.73 Å². The zero-order valence-corrected chi connectivity index (χ0v) is 14.7. The third kappa shape index (κ3) is 3.04. The molecule has 1 aliphatic rings. The quantitative estimate of drug-likeness (QED) is 0.470. The average molecular weight is 369 g/mol. The number of hydrogen-bond donors (Lipinski definition) is 3. The van der Waals surface area contributed by atoms with Crippen molar-refractivity contribution in [3.63, 3.8) is 0 Å². The highest BCUT2D eigenvalue weighted by Gasteiger charge is 2.21. The molecule has 0 aliphatic carbocycles. The summed E-state index contributed by atoms with van der Waals surface area (Å²) in [7, 11) is -3.70. The Morgan fingerprint density at radius 3 is 2.40 bits per heavy atom. The van der Waals surface area contributed by atoms with Crippen LogP contribution < -0.4 is 15.8 Å². The van der Waals surface area contributed by atoms with Crippen molar-refractivity contribution >= 4 is 44.5 Å². The van der Waals surface area contributed by atoms with Crippen LogP contribution in [0.15, 0.2) is 81.4 Å². The molecule has 1 aliphatic heterocycles. The number of benzene rings is 3. The highest BCUT2D eigenvalue weighted by atomic mass is 32.2. The molecule has 0 saturated heterocycles.